The summed E-state index contributed by atoms with van der Waals surface area (Å²) in [5.41, 5.74) is -0.0136. The highest BCUT2D eigenvalue weighted by Crippen LogP contribution is 2.26. The van der Waals surface area contributed by atoms with Gasteiger partial charge in [0.1, 0.15) is 23.7 Å². The van der Waals surface area contributed by atoms with Gasteiger partial charge in [-0.2, -0.15) is 0 Å². The molecule has 0 aromatic heterocycles. The third kappa shape index (κ3) is 4.18. The molecule has 1 N–H and O–H groups in total. The van der Waals surface area contributed by atoms with Crippen molar-refractivity contribution in [1.82, 2.24) is 0 Å². The number of hydrogen-bond donors (Lipinski definition) is 1. The van der Waals surface area contributed by atoms with E-state index in [1.54, 1.807) is 13.8 Å². The maximum Gasteiger partial charge on any atom is 0.339 e. The molecule has 23 heavy (non-hydrogen) atoms. The fourth-order valence-electron chi connectivity index (χ4n) is 1.94. The average Bonchev–Trinajstić information content (AvgIpc) is 2.49. The molecule has 0 spiro atoms. The summed E-state index contributed by atoms with van der Waals surface area (Å²) in [6, 6.07) is 8.06. The zero-order chi connectivity index (χ0) is 17.0. The Morgan fingerprint density at radius 1 is 1.22 bits per heavy atom. The number of carboxylic acid groups (broad SMARTS) is 1. The molecule has 0 aliphatic rings. The highest BCUT2D eigenvalue weighted by Gasteiger charge is 2.15. The van der Waals surface area contributed by atoms with Crippen LogP contribution in [0.25, 0.3) is 0 Å². The van der Waals surface area contributed by atoms with Crippen molar-refractivity contribution in [3.63, 3.8) is 0 Å². The lowest BCUT2D eigenvalue weighted by molar-refractivity contribution is 0.0690. The Balaban J connectivity index is 2.19. The summed E-state index contributed by atoms with van der Waals surface area (Å²) in [6.45, 7) is 3.35. The van der Waals surface area contributed by atoms with Crippen LogP contribution in [0.1, 0.15) is 29.8 Å². The summed E-state index contributed by atoms with van der Waals surface area (Å²) in [4.78, 5) is 11.3. The number of halogens is 2. The summed E-state index contributed by atoms with van der Waals surface area (Å²) in [5.74, 6) is -2.66. The lowest BCUT2D eigenvalue weighted by atomic mass is 10.2. The lowest BCUT2D eigenvalue weighted by Gasteiger charge is -2.14. The predicted octanol–water partition coefficient (Wildman–Crippen LogP) is 4.03. The van der Waals surface area contributed by atoms with Gasteiger partial charge in [0.15, 0.2) is 11.6 Å². The van der Waals surface area contributed by atoms with Crippen molar-refractivity contribution in [3.8, 4) is 11.5 Å². The monoisotopic (exact) mass is 322 g/mol. The van der Waals surface area contributed by atoms with Crippen LogP contribution in [0.15, 0.2) is 36.4 Å². The average molecular weight is 322 g/mol. The number of hydrogen-bond acceptors (Lipinski definition) is 3. The Kier molecular flexibility index (Phi) is 5.16. The smallest absolute Gasteiger partial charge is 0.339 e. The van der Waals surface area contributed by atoms with Gasteiger partial charge in [-0.25, -0.2) is 13.6 Å². The Labute approximate surface area is 132 Å². The molecule has 0 heterocycles. The zero-order valence-corrected chi connectivity index (χ0v) is 12.7. The van der Waals surface area contributed by atoms with Crippen molar-refractivity contribution in [1.29, 1.82) is 0 Å². The van der Waals surface area contributed by atoms with E-state index < -0.39 is 17.6 Å². The van der Waals surface area contributed by atoms with E-state index in [0.29, 0.717) is 0 Å². The van der Waals surface area contributed by atoms with E-state index in [9.17, 15) is 18.7 Å². The van der Waals surface area contributed by atoms with Crippen molar-refractivity contribution < 1.29 is 28.2 Å². The molecule has 0 saturated heterocycles. The summed E-state index contributed by atoms with van der Waals surface area (Å²) in [5, 5.41) is 9.22. The molecular weight excluding hydrogens is 306 g/mol. The van der Waals surface area contributed by atoms with Crippen LogP contribution in [-0.2, 0) is 6.61 Å². The Morgan fingerprint density at radius 2 is 1.96 bits per heavy atom. The first-order valence-electron chi connectivity index (χ1n) is 6.98. The molecule has 2 aromatic rings. The fourth-order valence-corrected chi connectivity index (χ4v) is 1.94. The van der Waals surface area contributed by atoms with E-state index in [4.69, 9.17) is 9.47 Å². The molecule has 0 atom stereocenters. The summed E-state index contributed by atoms with van der Waals surface area (Å²) >= 11 is 0. The molecule has 0 radical (unpaired) electrons. The molecule has 6 heteroatoms. The lowest BCUT2D eigenvalue weighted by Crippen LogP contribution is -2.10. The van der Waals surface area contributed by atoms with Gasteiger partial charge in [-0.1, -0.05) is 12.1 Å². The largest absolute Gasteiger partial charge is 0.490 e. The molecule has 4 nitrogen and oxygen atoms in total. The van der Waals surface area contributed by atoms with Gasteiger partial charge in [0.25, 0.3) is 0 Å². The topological polar surface area (TPSA) is 55.8 Å². The second kappa shape index (κ2) is 7.09. The number of ether oxygens (including phenoxy) is 2. The second-order valence-corrected chi connectivity index (χ2v) is 5.13. The van der Waals surface area contributed by atoms with Gasteiger partial charge in [-0.15, -0.1) is 0 Å². The normalized spacial score (nSPS) is 10.7. The summed E-state index contributed by atoms with van der Waals surface area (Å²) in [7, 11) is 0. The minimum atomic E-state index is -1.16. The van der Waals surface area contributed by atoms with Gasteiger partial charge in [0.2, 0.25) is 0 Å². The summed E-state index contributed by atoms with van der Waals surface area (Å²) < 4.78 is 37.4. The van der Waals surface area contributed by atoms with Crippen molar-refractivity contribution >= 4 is 5.97 Å². The number of carbonyl (C=O) groups is 1. The van der Waals surface area contributed by atoms with Crippen molar-refractivity contribution in [2.45, 2.75) is 26.6 Å². The Bertz CT molecular complexity index is 714. The molecule has 0 unspecified atom stereocenters. The molecule has 2 rings (SSSR count). The van der Waals surface area contributed by atoms with Crippen molar-refractivity contribution in [2.75, 3.05) is 0 Å². The molecule has 0 bridgehead atoms. The van der Waals surface area contributed by atoms with Gasteiger partial charge < -0.3 is 14.6 Å². The van der Waals surface area contributed by atoms with Crippen LogP contribution >= 0.6 is 0 Å². The van der Waals surface area contributed by atoms with Gasteiger partial charge in [-0.3, -0.25) is 0 Å². The third-order valence-corrected chi connectivity index (χ3v) is 2.97. The molecule has 0 saturated carbocycles. The number of aromatic carboxylic acids is 1. The molecular formula is C17H16F2O4. The highest BCUT2D eigenvalue weighted by atomic mass is 19.2. The van der Waals surface area contributed by atoms with Gasteiger partial charge in [0.05, 0.1) is 6.10 Å². The van der Waals surface area contributed by atoms with Crippen molar-refractivity contribution in [3.05, 3.63) is 59.2 Å². The van der Waals surface area contributed by atoms with Crippen LogP contribution in [0.5, 0.6) is 11.5 Å². The van der Waals surface area contributed by atoms with Crippen LogP contribution < -0.4 is 9.47 Å². The standard InChI is InChI=1S/C17H16F2O4/c1-10(2)23-15-7-6-12(8-13(15)17(20)21)22-9-11-4-3-5-14(18)16(11)19/h3-8,10H,9H2,1-2H3,(H,20,21). The summed E-state index contributed by atoms with van der Waals surface area (Å²) in [6.07, 6.45) is -0.179. The Hall–Kier alpha value is -2.63. The second-order valence-electron chi connectivity index (χ2n) is 5.13. The molecule has 0 aliphatic heterocycles. The number of benzene rings is 2. The van der Waals surface area contributed by atoms with Crippen LogP contribution in [0, 0.1) is 11.6 Å². The Morgan fingerprint density at radius 3 is 2.61 bits per heavy atom. The van der Waals surface area contributed by atoms with Gasteiger partial charge in [0, 0.05) is 5.56 Å². The molecule has 0 fully saturated rings. The first kappa shape index (κ1) is 16.7. The molecule has 0 amide bonds. The van der Waals surface area contributed by atoms with Crippen LogP contribution in [0.3, 0.4) is 0 Å². The highest BCUT2D eigenvalue weighted by molar-refractivity contribution is 5.91. The van der Waals surface area contributed by atoms with Gasteiger partial charge >= 0.3 is 5.97 Å². The van der Waals surface area contributed by atoms with Crippen molar-refractivity contribution in [2.24, 2.45) is 0 Å². The minimum Gasteiger partial charge on any atom is -0.490 e. The third-order valence-electron chi connectivity index (χ3n) is 2.97. The predicted molar refractivity (Wildman–Crippen MR) is 79.9 cm³/mol. The van der Waals surface area contributed by atoms with E-state index in [1.807, 2.05) is 0 Å². The maximum atomic E-state index is 13.6. The fraction of sp³-hybridized carbons (Fsp3) is 0.235. The van der Waals surface area contributed by atoms with E-state index in [1.165, 1.54) is 30.3 Å². The number of carboxylic acids is 1. The van der Waals surface area contributed by atoms with E-state index in [-0.39, 0.29) is 35.3 Å². The molecule has 0 aliphatic carbocycles. The zero-order valence-electron chi connectivity index (χ0n) is 12.7. The number of rotatable bonds is 6. The van der Waals surface area contributed by atoms with E-state index in [0.717, 1.165) is 6.07 Å². The first-order valence-corrected chi connectivity index (χ1v) is 6.98. The maximum absolute atomic E-state index is 13.6. The first-order chi connectivity index (χ1) is 10.9. The van der Waals surface area contributed by atoms with Gasteiger partial charge in [-0.05, 0) is 38.1 Å². The minimum absolute atomic E-state index is 0.0457. The van der Waals surface area contributed by atoms with E-state index >= 15 is 0 Å². The SMILES string of the molecule is CC(C)Oc1ccc(OCc2cccc(F)c2F)cc1C(=O)O. The molecule has 2 aromatic carbocycles. The van der Waals surface area contributed by atoms with Crippen LogP contribution in [0.2, 0.25) is 0 Å². The van der Waals surface area contributed by atoms with E-state index in [2.05, 4.69) is 0 Å². The molecule has 122 valence electrons. The quantitative estimate of drug-likeness (QED) is 0.872. The van der Waals surface area contributed by atoms with Crippen LogP contribution in [-0.4, -0.2) is 17.2 Å². The van der Waals surface area contributed by atoms with Crippen LogP contribution in [0.4, 0.5) is 8.78 Å².